The van der Waals surface area contributed by atoms with Gasteiger partial charge in [0.05, 0.1) is 0 Å². The van der Waals surface area contributed by atoms with E-state index in [4.69, 9.17) is 11.6 Å². The SMILES string of the molecule is CN=C(NCCC(=O)N1CCc2sccc2C1)NCc1cccc(Cl)c1.I. The minimum Gasteiger partial charge on any atom is -0.356 e. The van der Waals surface area contributed by atoms with Gasteiger partial charge in [-0.25, -0.2) is 0 Å². The second-order valence-electron chi connectivity index (χ2n) is 6.17. The average Bonchev–Trinajstić information content (AvgIpc) is 3.12. The molecule has 3 rings (SSSR count). The molecular weight excluding hydrogens is 495 g/mol. The van der Waals surface area contributed by atoms with E-state index in [0.29, 0.717) is 30.5 Å². The second kappa shape index (κ2) is 10.9. The predicted octanol–water partition coefficient (Wildman–Crippen LogP) is 3.66. The molecule has 2 heterocycles. The second-order valence-corrected chi connectivity index (χ2v) is 7.60. The van der Waals surface area contributed by atoms with E-state index in [1.54, 1.807) is 18.4 Å². The summed E-state index contributed by atoms with van der Waals surface area (Å²) < 4.78 is 0. The van der Waals surface area contributed by atoms with Crippen LogP contribution in [0, 0.1) is 0 Å². The number of aliphatic imine (C=N–C) groups is 1. The van der Waals surface area contributed by atoms with E-state index < -0.39 is 0 Å². The highest BCUT2D eigenvalue weighted by Crippen LogP contribution is 2.24. The molecule has 0 spiro atoms. The Morgan fingerprint density at radius 2 is 2.19 bits per heavy atom. The van der Waals surface area contributed by atoms with E-state index in [0.717, 1.165) is 25.1 Å². The first-order valence-corrected chi connectivity index (χ1v) is 9.93. The normalized spacial score (nSPS) is 13.6. The number of rotatable bonds is 5. The maximum Gasteiger partial charge on any atom is 0.224 e. The van der Waals surface area contributed by atoms with E-state index in [9.17, 15) is 4.79 Å². The first-order valence-electron chi connectivity index (χ1n) is 8.67. The number of nitrogens with one attached hydrogen (secondary N) is 2. The van der Waals surface area contributed by atoms with E-state index in [1.807, 2.05) is 29.2 Å². The minimum atomic E-state index is 0. The molecule has 2 aromatic rings. The Morgan fingerprint density at radius 3 is 2.96 bits per heavy atom. The Bertz CT molecular complexity index is 796. The first kappa shape index (κ1) is 22.0. The van der Waals surface area contributed by atoms with Crippen LogP contribution in [0.15, 0.2) is 40.7 Å². The summed E-state index contributed by atoms with van der Waals surface area (Å²) in [4.78, 5) is 20.0. The Morgan fingerprint density at radius 1 is 1.33 bits per heavy atom. The van der Waals surface area contributed by atoms with Crippen molar-refractivity contribution >= 4 is 58.8 Å². The highest BCUT2D eigenvalue weighted by Gasteiger charge is 2.20. The number of nitrogens with zero attached hydrogens (tertiary/aromatic N) is 2. The summed E-state index contributed by atoms with van der Waals surface area (Å²) >= 11 is 7.78. The number of fused-ring (bicyclic) bond motifs is 1. The molecule has 0 aliphatic carbocycles. The number of guanidine groups is 1. The average molecular weight is 519 g/mol. The van der Waals surface area contributed by atoms with Crippen LogP contribution in [0.25, 0.3) is 0 Å². The van der Waals surface area contributed by atoms with Crippen LogP contribution in [0.3, 0.4) is 0 Å². The fourth-order valence-corrected chi connectivity index (χ4v) is 4.06. The van der Waals surface area contributed by atoms with Crippen molar-refractivity contribution in [2.75, 3.05) is 20.1 Å². The third-order valence-corrected chi connectivity index (χ3v) is 5.62. The van der Waals surface area contributed by atoms with Gasteiger partial charge in [-0.05, 0) is 41.1 Å². The number of carbonyl (C=O) groups is 1. The number of hydrogen-bond acceptors (Lipinski definition) is 3. The lowest BCUT2D eigenvalue weighted by Crippen LogP contribution is -2.40. The fraction of sp³-hybridized carbons (Fsp3) is 0.368. The van der Waals surface area contributed by atoms with Gasteiger partial charge in [0, 0.05) is 49.5 Å². The molecule has 0 atom stereocenters. The van der Waals surface area contributed by atoms with E-state index in [1.165, 1.54) is 10.4 Å². The van der Waals surface area contributed by atoms with E-state index >= 15 is 0 Å². The summed E-state index contributed by atoms with van der Waals surface area (Å²) in [5, 5.41) is 9.25. The van der Waals surface area contributed by atoms with Crippen LogP contribution in [0.5, 0.6) is 0 Å². The van der Waals surface area contributed by atoms with E-state index in [2.05, 4.69) is 27.1 Å². The zero-order valence-electron chi connectivity index (χ0n) is 15.2. The van der Waals surface area contributed by atoms with Gasteiger partial charge in [0.15, 0.2) is 5.96 Å². The molecule has 0 radical (unpaired) electrons. The quantitative estimate of drug-likeness (QED) is 0.361. The van der Waals surface area contributed by atoms with Gasteiger partial charge < -0.3 is 15.5 Å². The lowest BCUT2D eigenvalue weighted by Gasteiger charge is -2.27. The molecule has 2 N–H and O–H groups in total. The predicted molar refractivity (Wildman–Crippen MR) is 123 cm³/mol. The van der Waals surface area contributed by atoms with Gasteiger partial charge in [-0.3, -0.25) is 9.79 Å². The van der Waals surface area contributed by atoms with Gasteiger partial charge in [0.1, 0.15) is 0 Å². The van der Waals surface area contributed by atoms with Crippen LogP contribution in [0.2, 0.25) is 5.02 Å². The number of thiophene rings is 1. The number of carbonyl (C=O) groups excluding carboxylic acids is 1. The maximum atomic E-state index is 12.4. The van der Waals surface area contributed by atoms with Crippen molar-refractivity contribution < 1.29 is 4.79 Å². The van der Waals surface area contributed by atoms with Gasteiger partial charge in [0.25, 0.3) is 0 Å². The van der Waals surface area contributed by atoms with Crippen LogP contribution in [-0.2, 0) is 24.3 Å². The van der Waals surface area contributed by atoms with Crippen molar-refractivity contribution in [3.8, 4) is 0 Å². The van der Waals surface area contributed by atoms with Crippen molar-refractivity contribution in [3.05, 3.63) is 56.7 Å². The monoisotopic (exact) mass is 518 g/mol. The maximum absolute atomic E-state index is 12.4. The summed E-state index contributed by atoms with van der Waals surface area (Å²) in [5.74, 6) is 0.858. The van der Waals surface area contributed by atoms with Crippen molar-refractivity contribution in [2.24, 2.45) is 4.99 Å². The molecule has 146 valence electrons. The molecule has 27 heavy (non-hydrogen) atoms. The lowest BCUT2D eigenvalue weighted by atomic mass is 10.1. The topological polar surface area (TPSA) is 56.7 Å². The molecule has 8 heteroatoms. The standard InChI is InChI=1S/C19H23ClN4OS.HI/c1-21-19(23-12-14-3-2-4-16(20)11-14)22-8-5-18(25)24-9-6-17-15(13-24)7-10-26-17;/h2-4,7,10-11H,5-6,8-9,12-13H2,1H3,(H2,21,22,23);1H. The summed E-state index contributed by atoms with van der Waals surface area (Å²) in [5.41, 5.74) is 2.37. The number of benzene rings is 1. The third kappa shape index (κ3) is 6.36. The Balaban J connectivity index is 0.00000261. The molecule has 1 aromatic heterocycles. The van der Waals surface area contributed by atoms with Crippen molar-refractivity contribution in [1.82, 2.24) is 15.5 Å². The van der Waals surface area contributed by atoms with E-state index in [-0.39, 0.29) is 29.9 Å². The molecule has 0 saturated carbocycles. The summed E-state index contributed by atoms with van der Waals surface area (Å²) in [6.07, 6.45) is 1.42. The largest absolute Gasteiger partial charge is 0.356 e. The fourth-order valence-electron chi connectivity index (χ4n) is 2.96. The highest BCUT2D eigenvalue weighted by molar-refractivity contribution is 14.0. The zero-order valence-corrected chi connectivity index (χ0v) is 19.1. The minimum absolute atomic E-state index is 0. The Labute approximate surface area is 186 Å². The highest BCUT2D eigenvalue weighted by atomic mass is 127. The van der Waals surface area contributed by atoms with Gasteiger partial charge >= 0.3 is 0 Å². The molecule has 0 bridgehead atoms. The molecule has 1 aliphatic heterocycles. The van der Waals surface area contributed by atoms with Gasteiger partial charge in [-0.1, -0.05) is 23.7 Å². The molecule has 1 aromatic carbocycles. The molecule has 0 fully saturated rings. The number of halogens is 2. The Hall–Kier alpha value is -1.32. The zero-order chi connectivity index (χ0) is 18.4. The van der Waals surface area contributed by atoms with Crippen LogP contribution in [0.1, 0.15) is 22.4 Å². The number of amides is 1. The summed E-state index contributed by atoms with van der Waals surface area (Å²) in [6, 6.07) is 9.82. The molecule has 1 amide bonds. The first-order chi connectivity index (χ1) is 12.7. The van der Waals surface area contributed by atoms with Gasteiger partial charge in [0.2, 0.25) is 5.91 Å². The molecular formula is C19H24ClIN4OS. The Kier molecular flexibility index (Phi) is 8.85. The molecule has 5 nitrogen and oxygen atoms in total. The van der Waals surface area contributed by atoms with Crippen molar-refractivity contribution in [3.63, 3.8) is 0 Å². The van der Waals surface area contributed by atoms with Crippen molar-refractivity contribution in [2.45, 2.75) is 25.9 Å². The van der Waals surface area contributed by atoms with Crippen LogP contribution < -0.4 is 10.6 Å². The van der Waals surface area contributed by atoms with Crippen LogP contribution >= 0.6 is 46.9 Å². The lowest BCUT2D eigenvalue weighted by molar-refractivity contribution is -0.131. The summed E-state index contributed by atoms with van der Waals surface area (Å²) in [6.45, 7) is 2.73. The molecule has 0 saturated heterocycles. The van der Waals surface area contributed by atoms with Crippen LogP contribution in [0.4, 0.5) is 0 Å². The van der Waals surface area contributed by atoms with Gasteiger partial charge in [-0.15, -0.1) is 35.3 Å². The van der Waals surface area contributed by atoms with Crippen molar-refractivity contribution in [1.29, 1.82) is 0 Å². The van der Waals surface area contributed by atoms with Gasteiger partial charge in [-0.2, -0.15) is 0 Å². The third-order valence-electron chi connectivity index (χ3n) is 4.36. The van der Waals surface area contributed by atoms with Crippen LogP contribution in [-0.4, -0.2) is 36.9 Å². The number of hydrogen-bond donors (Lipinski definition) is 2. The summed E-state index contributed by atoms with van der Waals surface area (Å²) in [7, 11) is 1.72. The molecule has 0 unspecified atom stereocenters. The molecule has 1 aliphatic rings. The smallest absolute Gasteiger partial charge is 0.224 e.